The van der Waals surface area contributed by atoms with Crippen LogP contribution in [0.2, 0.25) is 0 Å². The topological polar surface area (TPSA) is 57.0 Å². The summed E-state index contributed by atoms with van der Waals surface area (Å²) in [5, 5.41) is 7.54. The molecule has 0 fully saturated rings. The zero-order valence-corrected chi connectivity index (χ0v) is 10.3. The Bertz CT molecular complexity index is 607. The van der Waals surface area contributed by atoms with E-state index in [0.717, 1.165) is 0 Å². The van der Waals surface area contributed by atoms with Crippen LogP contribution >= 0.6 is 0 Å². The van der Waals surface area contributed by atoms with Crippen molar-refractivity contribution in [3.05, 3.63) is 35.4 Å². The van der Waals surface area contributed by atoms with E-state index in [4.69, 9.17) is 4.74 Å². The van der Waals surface area contributed by atoms with Crippen LogP contribution in [0.5, 0.6) is 5.75 Å². The molecule has 0 aliphatic rings. The van der Waals surface area contributed by atoms with E-state index >= 15 is 0 Å². The molecule has 0 unspecified atom stereocenters. The molecule has 2 aromatic rings. The summed E-state index contributed by atoms with van der Waals surface area (Å²) in [4.78, 5) is 11.3. The Hall–Kier alpha value is -2.24. The van der Waals surface area contributed by atoms with Gasteiger partial charge in [-0.3, -0.25) is 4.79 Å². The van der Waals surface area contributed by atoms with E-state index in [1.807, 2.05) is 0 Å². The van der Waals surface area contributed by atoms with E-state index in [1.165, 1.54) is 36.9 Å². The zero-order chi connectivity index (χ0) is 13.3. The largest absolute Gasteiger partial charge is 0.497 e. The maximum Gasteiger partial charge on any atom is 0.181 e. The molecule has 94 valence electrons. The Balaban J connectivity index is 2.58. The number of hydrogen-bond donors (Lipinski definition) is 0. The van der Waals surface area contributed by atoms with Crippen LogP contribution in [0.15, 0.2) is 18.2 Å². The third kappa shape index (κ3) is 1.97. The van der Waals surface area contributed by atoms with Crippen LogP contribution in [0.25, 0.3) is 5.69 Å². The second kappa shape index (κ2) is 4.56. The monoisotopic (exact) mass is 249 g/mol. The maximum atomic E-state index is 13.8. The van der Waals surface area contributed by atoms with Crippen LogP contribution in [0.1, 0.15) is 23.1 Å². The van der Waals surface area contributed by atoms with E-state index in [0.29, 0.717) is 11.4 Å². The molecule has 2 rings (SSSR count). The summed E-state index contributed by atoms with van der Waals surface area (Å²) in [6.07, 6.45) is 0. The molecule has 1 aromatic carbocycles. The van der Waals surface area contributed by atoms with Gasteiger partial charge >= 0.3 is 0 Å². The molecular formula is C12H12FN3O2. The lowest BCUT2D eigenvalue weighted by molar-refractivity contribution is 0.101. The molecule has 0 radical (unpaired) electrons. The highest BCUT2D eigenvalue weighted by atomic mass is 19.1. The highest BCUT2D eigenvalue weighted by molar-refractivity contribution is 5.93. The first-order chi connectivity index (χ1) is 8.54. The SMILES string of the molecule is COc1ccc(F)c(-n2nnc(C(C)=O)c2C)c1. The molecule has 1 heterocycles. The highest BCUT2D eigenvalue weighted by Gasteiger charge is 2.16. The third-order valence-electron chi connectivity index (χ3n) is 2.61. The fourth-order valence-corrected chi connectivity index (χ4v) is 1.66. The Morgan fingerprint density at radius 1 is 1.44 bits per heavy atom. The third-order valence-corrected chi connectivity index (χ3v) is 2.61. The molecule has 6 heteroatoms. The van der Waals surface area contributed by atoms with Crippen molar-refractivity contribution in [1.82, 2.24) is 15.0 Å². The number of hydrogen-bond acceptors (Lipinski definition) is 4. The van der Waals surface area contributed by atoms with Crippen molar-refractivity contribution in [2.24, 2.45) is 0 Å². The second-order valence-corrected chi connectivity index (χ2v) is 3.81. The number of benzene rings is 1. The number of carbonyl (C=O) groups excluding carboxylic acids is 1. The number of rotatable bonds is 3. The van der Waals surface area contributed by atoms with Gasteiger partial charge in [0.25, 0.3) is 0 Å². The van der Waals surface area contributed by atoms with Crippen molar-refractivity contribution in [3.63, 3.8) is 0 Å². The number of Topliss-reactive ketones (excluding diaryl/α,β-unsaturated/α-hetero) is 1. The zero-order valence-electron chi connectivity index (χ0n) is 10.3. The second-order valence-electron chi connectivity index (χ2n) is 3.81. The van der Waals surface area contributed by atoms with E-state index in [-0.39, 0.29) is 17.2 Å². The normalized spacial score (nSPS) is 10.4. The number of ether oxygens (including phenoxy) is 1. The Morgan fingerprint density at radius 2 is 2.17 bits per heavy atom. The first-order valence-corrected chi connectivity index (χ1v) is 5.31. The first-order valence-electron chi connectivity index (χ1n) is 5.31. The molecule has 0 saturated heterocycles. The molecular weight excluding hydrogens is 237 g/mol. The van der Waals surface area contributed by atoms with Gasteiger partial charge in [0, 0.05) is 13.0 Å². The quantitative estimate of drug-likeness (QED) is 0.780. The average Bonchev–Trinajstić information content (AvgIpc) is 2.72. The summed E-state index contributed by atoms with van der Waals surface area (Å²) < 4.78 is 20.1. The van der Waals surface area contributed by atoms with E-state index in [1.54, 1.807) is 6.92 Å². The number of methoxy groups -OCH3 is 1. The van der Waals surface area contributed by atoms with Crippen molar-refractivity contribution in [1.29, 1.82) is 0 Å². The van der Waals surface area contributed by atoms with Crippen molar-refractivity contribution >= 4 is 5.78 Å². The summed E-state index contributed by atoms with van der Waals surface area (Å²) >= 11 is 0. The predicted octanol–water partition coefficient (Wildman–Crippen LogP) is 1.93. The lowest BCUT2D eigenvalue weighted by atomic mass is 10.2. The van der Waals surface area contributed by atoms with Gasteiger partial charge in [-0.15, -0.1) is 5.10 Å². The molecule has 18 heavy (non-hydrogen) atoms. The molecule has 0 saturated carbocycles. The van der Waals surface area contributed by atoms with Crippen LogP contribution < -0.4 is 4.74 Å². The van der Waals surface area contributed by atoms with Gasteiger partial charge in [0.15, 0.2) is 11.5 Å². The predicted molar refractivity (Wildman–Crippen MR) is 62.6 cm³/mol. The van der Waals surface area contributed by atoms with Gasteiger partial charge < -0.3 is 4.74 Å². The van der Waals surface area contributed by atoms with Crippen LogP contribution in [-0.4, -0.2) is 27.9 Å². The molecule has 0 spiro atoms. The number of carbonyl (C=O) groups is 1. The van der Waals surface area contributed by atoms with Crippen molar-refractivity contribution in [2.45, 2.75) is 13.8 Å². The van der Waals surface area contributed by atoms with Gasteiger partial charge in [-0.05, 0) is 19.1 Å². The van der Waals surface area contributed by atoms with Crippen LogP contribution in [0, 0.1) is 12.7 Å². The standard InChI is InChI=1S/C12H12FN3O2/c1-7-12(8(2)17)14-15-16(7)11-6-9(18-3)4-5-10(11)13/h4-6H,1-3H3. The summed E-state index contributed by atoms with van der Waals surface area (Å²) in [6.45, 7) is 3.05. The van der Waals surface area contributed by atoms with Gasteiger partial charge in [0.05, 0.1) is 12.8 Å². The number of ketones is 1. The lowest BCUT2D eigenvalue weighted by Crippen LogP contribution is -2.04. The maximum absolute atomic E-state index is 13.8. The number of halogens is 1. The molecule has 0 atom stereocenters. The molecule has 0 amide bonds. The minimum absolute atomic E-state index is 0.201. The van der Waals surface area contributed by atoms with Gasteiger partial charge in [-0.1, -0.05) is 5.21 Å². The van der Waals surface area contributed by atoms with Gasteiger partial charge in [-0.25, -0.2) is 9.07 Å². The van der Waals surface area contributed by atoms with Crippen molar-refractivity contribution in [3.8, 4) is 11.4 Å². The molecule has 0 aliphatic carbocycles. The van der Waals surface area contributed by atoms with Crippen molar-refractivity contribution in [2.75, 3.05) is 7.11 Å². The summed E-state index contributed by atoms with van der Waals surface area (Å²) in [7, 11) is 1.49. The summed E-state index contributed by atoms with van der Waals surface area (Å²) in [6, 6.07) is 4.29. The van der Waals surface area contributed by atoms with E-state index in [9.17, 15) is 9.18 Å². The molecule has 1 aromatic heterocycles. The Kier molecular flexibility index (Phi) is 3.10. The summed E-state index contributed by atoms with van der Waals surface area (Å²) in [5.41, 5.74) is 0.929. The number of aromatic nitrogens is 3. The fraction of sp³-hybridized carbons (Fsp3) is 0.250. The van der Waals surface area contributed by atoms with E-state index < -0.39 is 5.82 Å². The van der Waals surface area contributed by atoms with E-state index in [2.05, 4.69) is 10.3 Å². The summed E-state index contributed by atoms with van der Waals surface area (Å²) in [5.74, 6) is -0.161. The van der Waals surface area contributed by atoms with Crippen LogP contribution in [0.3, 0.4) is 0 Å². The number of nitrogens with zero attached hydrogens (tertiary/aromatic N) is 3. The fourth-order valence-electron chi connectivity index (χ4n) is 1.66. The average molecular weight is 249 g/mol. The Morgan fingerprint density at radius 3 is 2.72 bits per heavy atom. The molecule has 0 aliphatic heterocycles. The first kappa shape index (κ1) is 12.2. The molecule has 0 N–H and O–H groups in total. The van der Waals surface area contributed by atoms with Crippen LogP contribution in [0.4, 0.5) is 4.39 Å². The smallest absolute Gasteiger partial charge is 0.181 e. The lowest BCUT2D eigenvalue weighted by Gasteiger charge is -2.07. The Labute approximate surface area is 103 Å². The van der Waals surface area contributed by atoms with Gasteiger partial charge in [-0.2, -0.15) is 0 Å². The minimum Gasteiger partial charge on any atom is -0.497 e. The van der Waals surface area contributed by atoms with Gasteiger partial charge in [0.2, 0.25) is 0 Å². The highest BCUT2D eigenvalue weighted by Crippen LogP contribution is 2.21. The minimum atomic E-state index is -0.459. The van der Waals surface area contributed by atoms with Crippen molar-refractivity contribution < 1.29 is 13.9 Å². The van der Waals surface area contributed by atoms with Gasteiger partial charge in [0.1, 0.15) is 17.3 Å². The molecule has 0 bridgehead atoms. The van der Waals surface area contributed by atoms with Crippen LogP contribution in [-0.2, 0) is 0 Å². The molecule has 5 nitrogen and oxygen atoms in total.